The van der Waals surface area contributed by atoms with E-state index in [9.17, 15) is 4.79 Å². The molecule has 5 rings (SSSR count). The van der Waals surface area contributed by atoms with Crippen LogP contribution in [0.25, 0.3) is 0 Å². The lowest BCUT2D eigenvalue weighted by atomic mass is 9.91. The summed E-state index contributed by atoms with van der Waals surface area (Å²) in [4.78, 5) is 15.8. The van der Waals surface area contributed by atoms with Crippen molar-refractivity contribution in [3.05, 3.63) is 75.4 Å². The summed E-state index contributed by atoms with van der Waals surface area (Å²) in [6, 6.07) is 14.5. The van der Waals surface area contributed by atoms with Crippen LogP contribution in [0.3, 0.4) is 0 Å². The van der Waals surface area contributed by atoms with Gasteiger partial charge < -0.3 is 10.1 Å². The lowest BCUT2D eigenvalue weighted by molar-refractivity contribution is 0.102. The van der Waals surface area contributed by atoms with Gasteiger partial charge in [0.2, 0.25) is 0 Å². The highest BCUT2D eigenvalue weighted by molar-refractivity contribution is 6.30. The molecule has 3 aromatic rings. The maximum absolute atomic E-state index is 13.1. The van der Waals surface area contributed by atoms with Crippen LogP contribution in [0.15, 0.2) is 42.5 Å². The predicted octanol–water partition coefficient (Wildman–Crippen LogP) is 6.56. The van der Waals surface area contributed by atoms with E-state index in [0.29, 0.717) is 35.5 Å². The van der Waals surface area contributed by atoms with Crippen LogP contribution in [0.4, 0.5) is 5.82 Å². The Hall–Kier alpha value is -2.54. The minimum absolute atomic E-state index is 0. The van der Waals surface area contributed by atoms with Crippen LogP contribution in [-0.2, 0) is 19.4 Å². The topological polar surface area (TPSA) is 59.4 Å². The standard InChI is InChI=1S/C30H37ClN4O2.ClH/c1-20(2)19-37-28-10-9-26(31)17-25(28)18-35-21(3)15-29(33-35)32-30(36)24-8-7-22-11-13-34(27-5-4-6-27)14-12-23(22)16-24;/h7-10,15-17,20,27H,4-6,11-14,18-19H2,1-3H3,(H,32,33,36);1H. The summed E-state index contributed by atoms with van der Waals surface area (Å²) < 4.78 is 7.88. The summed E-state index contributed by atoms with van der Waals surface area (Å²) in [6.07, 6.45) is 6.09. The monoisotopic (exact) mass is 556 g/mol. The average Bonchev–Trinajstić information content (AvgIpc) is 3.04. The fourth-order valence-electron chi connectivity index (χ4n) is 5.15. The molecule has 0 radical (unpaired) electrons. The molecule has 1 saturated carbocycles. The molecule has 204 valence electrons. The summed E-state index contributed by atoms with van der Waals surface area (Å²) >= 11 is 6.28. The van der Waals surface area contributed by atoms with Crippen molar-refractivity contribution in [2.24, 2.45) is 5.92 Å². The smallest absolute Gasteiger partial charge is 0.256 e. The molecule has 8 heteroatoms. The predicted molar refractivity (Wildman–Crippen MR) is 156 cm³/mol. The van der Waals surface area contributed by atoms with Gasteiger partial charge in [0.1, 0.15) is 5.75 Å². The van der Waals surface area contributed by atoms with Crippen LogP contribution in [0.1, 0.15) is 65.9 Å². The Morgan fingerprint density at radius 2 is 1.87 bits per heavy atom. The van der Waals surface area contributed by atoms with Gasteiger partial charge in [0.15, 0.2) is 5.82 Å². The molecule has 1 aliphatic heterocycles. The Morgan fingerprint density at radius 1 is 1.11 bits per heavy atom. The maximum Gasteiger partial charge on any atom is 0.256 e. The first-order valence-electron chi connectivity index (χ1n) is 13.5. The van der Waals surface area contributed by atoms with Crippen LogP contribution in [0.2, 0.25) is 5.02 Å². The summed E-state index contributed by atoms with van der Waals surface area (Å²) in [5.41, 5.74) is 5.26. The molecule has 0 atom stereocenters. The van der Waals surface area contributed by atoms with Crippen LogP contribution in [0, 0.1) is 12.8 Å². The molecule has 0 saturated heterocycles. The first kappa shape index (κ1) is 28.5. The number of hydrogen-bond donors (Lipinski definition) is 1. The average molecular weight is 558 g/mol. The van der Waals surface area contributed by atoms with Crippen LogP contribution >= 0.6 is 24.0 Å². The Morgan fingerprint density at radius 3 is 2.58 bits per heavy atom. The van der Waals surface area contributed by atoms with Gasteiger partial charge in [0.25, 0.3) is 5.91 Å². The highest BCUT2D eigenvalue weighted by Crippen LogP contribution is 2.28. The number of carbonyl (C=O) groups excluding carboxylic acids is 1. The number of rotatable bonds is 8. The Bertz CT molecular complexity index is 1270. The Labute approximate surface area is 237 Å². The summed E-state index contributed by atoms with van der Waals surface area (Å²) in [6.45, 7) is 9.57. The van der Waals surface area contributed by atoms with E-state index in [1.807, 2.05) is 41.9 Å². The highest BCUT2D eigenvalue weighted by atomic mass is 35.5. The van der Waals surface area contributed by atoms with Gasteiger partial charge in [-0.3, -0.25) is 14.4 Å². The van der Waals surface area contributed by atoms with E-state index < -0.39 is 0 Å². The maximum atomic E-state index is 13.1. The number of halogens is 2. The van der Waals surface area contributed by atoms with Crippen LogP contribution in [0.5, 0.6) is 5.75 Å². The zero-order valence-electron chi connectivity index (χ0n) is 22.5. The van der Waals surface area contributed by atoms with E-state index in [0.717, 1.165) is 49.0 Å². The second kappa shape index (κ2) is 12.5. The molecular formula is C30H38Cl2N4O2. The van der Waals surface area contributed by atoms with Gasteiger partial charge in [-0.2, -0.15) is 5.10 Å². The van der Waals surface area contributed by atoms with Crippen molar-refractivity contribution in [2.45, 2.75) is 65.5 Å². The van der Waals surface area contributed by atoms with Crippen LogP contribution in [-0.4, -0.2) is 46.3 Å². The van der Waals surface area contributed by atoms with E-state index in [-0.39, 0.29) is 18.3 Å². The highest BCUT2D eigenvalue weighted by Gasteiger charge is 2.26. The van der Waals surface area contributed by atoms with E-state index in [2.05, 4.69) is 41.3 Å². The fraction of sp³-hybridized carbons (Fsp3) is 0.467. The number of anilines is 1. The molecule has 0 spiro atoms. The van der Waals surface area contributed by atoms with Crippen molar-refractivity contribution in [3.63, 3.8) is 0 Å². The molecule has 2 heterocycles. The third-order valence-electron chi connectivity index (χ3n) is 7.53. The summed E-state index contributed by atoms with van der Waals surface area (Å²) in [5.74, 6) is 1.64. The Balaban J connectivity index is 0.00000336. The number of amides is 1. The fourth-order valence-corrected chi connectivity index (χ4v) is 5.35. The van der Waals surface area contributed by atoms with Crippen molar-refractivity contribution in [2.75, 3.05) is 25.0 Å². The van der Waals surface area contributed by atoms with Gasteiger partial charge >= 0.3 is 0 Å². The van der Waals surface area contributed by atoms with Crippen LogP contribution < -0.4 is 10.1 Å². The number of fused-ring (bicyclic) bond motifs is 1. The van der Waals surface area contributed by atoms with E-state index in [4.69, 9.17) is 16.3 Å². The van der Waals surface area contributed by atoms with Crippen molar-refractivity contribution in [1.82, 2.24) is 14.7 Å². The minimum Gasteiger partial charge on any atom is -0.493 e. The lowest BCUT2D eigenvalue weighted by Crippen LogP contribution is -2.41. The molecule has 6 nitrogen and oxygen atoms in total. The van der Waals surface area contributed by atoms with Gasteiger partial charge in [0.05, 0.1) is 13.2 Å². The first-order chi connectivity index (χ1) is 17.9. The van der Waals surface area contributed by atoms with E-state index >= 15 is 0 Å². The quantitative estimate of drug-likeness (QED) is 0.341. The zero-order valence-corrected chi connectivity index (χ0v) is 24.1. The second-order valence-electron chi connectivity index (χ2n) is 10.8. The van der Waals surface area contributed by atoms with Crippen molar-refractivity contribution in [3.8, 4) is 5.75 Å². The normalized spacial score (nSPS) is 15.8. The lowest BCUT2D eigenvalue weighted by Gasteiger charge is -2.36. The van der Waals surface area contributed by atoms with Crippen molar-refractivity contribution < 1.29 is 9.53 Å². The molecule has 0 bridgehead atoms. The number of nitrogens with one attached hydrogen (secondary N) is 1. The number of carbonyl (C=O) groups is 1. The number of hydrogen-bond acceptors (Lipinski definition) is 4. The number of aryl methyl sites for hydroxylation is 1. The van der Waals surface area contributed by atoms with Gasteiger partial charge in [-0.05, 0) is 80.0 Å². The molecule has 1 aliphatic carbocycles. The zero-order chi connectivity index (χ0) is 25.9. The summed E-state index contributed by atoms with van der Waals surface area (Å²) in [5, 5.41) is 8.32. The molecule has 1 aromatic heterocycles. The molecule has 38 heavy (non-hydrogen) atoms. The summed E-state index contributed by atoms with van der Waals surface area (Å²) in [7, 11) is 0. The third-order valence-corrected chi connectivity index (χ3v) is 7.77. The molecular weight excluding hydrogens is 519 g/mol. The molecule has 0 unspecified atom stereocenters. The SMILES string of the molecule is Cc1cc(NC(=O)c2ccc3c(c2)CCN(C2CCC2)CC3)nn1Cc1cc(Cl)ccc1OCC(C)C.Cl. The molecule has 1 N–H and O–H groups in total. The number of ether oxygens (including phenoxy) is 1. The molecule has 1 amide bonds. The number of aromatic nitrogens is 2. The van der Waals surface area contributed by atoms with E-state index in [1.54, 1.807) is 0 Å². The molecule has 2 aromatic carbocycles. The van der Waals surface area contributed by atoms with Crippen molar-refractivity contribution in [1.29, 1.82) is 0 Å². The number of nitrogens with zero attached hydrogens (tertiary/aromatic N) is 3. The van der Waals surface area contributed by atoms with Gasteiger partial charge in [-0.25, -0.2) is 0 Å². The number of benzene rings is 2. The second-order valence-corrected chi connectivity index (χ2v) is 11.3. The minimum atomic E-state index is -0.128. The van der Waals surface area contributed by atoms with Crippen molar-refractivity contribution >= 4 is 35.7 Å². The Kier molecular flexibility index (Phi) is 9.40. The van der Waals surface area contributed by atoms with Gasteiger partial charge in [0, 0.05) is 47.0 Å². The molecule has 2 aliphatic rings. The largest absolute Gasteiger partial charge is 0.493 e. The van der Waals surface area contributed by atoms with Gasteiger partial charge in [-0.15, -0.1) is 12.4 Å². The first-order valence-corrected chi connectivity index (χ1v) is 13.9. The van der Waals surface area contributed by atoms with E-state index in [1.165, 1.54) is 30.4 Å². The molecule has 1 fully saturated rings. The van der Waals surface area contributed by atoms with Gasteiger partial charge in [-0.1, -0.05) is 37.9 Å². The third kappa shape index (κ3) is 6.71.